The van der Waals surface area contributed by atoms with Gasteiger partial charge in [0.25, 0.3) is 0 Å². The first-order valence-electron chi connectivity index (χ1n) is 6.67. The first kappa shape index (κ1) is 12.3. The van der Waals surface area contributed by atoms with Crippen molar-refractivity contribution in [1.82, 2.24) is 20.1 Å². The number of fused-ring (bicyclic) bond motifs is 1. The smallest absolute Gasteiger partial charge is 0.225 e. The van der Waals surface area contributed by atoms with Crippen molar-refractivity contribution in [2.75, 3.05) is 6.61 Å². The number of nitrogens with zero attached hydrogens (tertiary/aromatic N) is 3. The number of carbonyl (C=O) groups excluding carboxylic acids is 1. The Morgan fingerprint density at radius 3 is 3.05 bits per heavy atom. The highest BCUT2D eigenvalue weighted by Gasteiger charge is 2.35. The lowest BCUT2D eigenvalue weighted by atomic mass is 9.93. The summed E-state index contributed by atoms with van der Waals surface area (Å²) in [6.45, 7) is 0.559. The molecule has 1 atom stereocenters. The van der Waals surface area contributed by atoms with Gasteiger partial charge in [-0.25, -0.2) is 9.67 Å². The highest BCUT2D eigenvalue weighted by molar-refractivity contribution is 5.79. The predicted molar refractivity (Wildman–Crippen MR) is 68.2 cm³/mol. The molecule has 0 saturated carbocycles. The van der Waals surface area contributed by atoms with Crippen LogP contribution in [-0.2, 0) is 17.8 Å². The molecule has 0 aromatic carbocycles. The lowest BCUT2D eigenvalue weighted by Gasteiger charge is -2.31. The van der Waals surface area contributed by atoms with Crippen LogP contribution < -0.4 is 5.32 Å². The van der Waals surface area contributed by atoms with Crippen molar-refractivity contribution in [3.05, 3.63) is 24.3 Å². The van der Waals surface area contributed by atoms with E-state index < -0.39 is 5.54 Å². The second kappa shape index (κ2) is 4.77. The molecule has 2 aliphatic rings. The first-order chi connectivity index (χ1) is 9.22. The Morgan fingerprint density at radius 2 is 2.32 bits per heavy atom. The van der Waals surface area contributed by atoms with Gasteiger partial charge in [0.15, 0.2) is 0 Å². The molecule has 0 bridgehead atoms. The standard InChI is InChI=1S/C13H18N4O2/c18-8-13(5-1-2-6-13)16-12(19)10-3-4-11-14-9-15-17(11)7-10/h1-2,9-10,18H,3-8H2,(H,16,19). The number of hydrogen-bond acceptors (Lipinski definition) is 4. The highest BCUT2D eigenvalue weighted by atomic mass is 16.3. The van der Waals surface area contributed by atoms with Crippen molar-refractivity contribution in [2.45, 2.75) is 37.8 Å². The van der Waals surface area contributed by atoms with Crippen LogP contribution in [0.2, 0.25) is 0 Å². The average molecular weight is 262 g/mol. The number of amides is 1. The quantitative estimate of drug-likeness (QED) is 0.754. The van der Waals surface area contributed by atoms with Gasteiger partial charge in [0.05, 0.1) is 24.6 Å². The van der Waals surface area contributed by atoms with Crippen molar-refractivity contribution in [3.8, 4) is 0 Å². The van der Waals surface area contributed by atoms with E-state index in [0.29, 0.717) is 19.4 Å². The van der Waals surface area contributed by atoms with Crippen molar-refractivity contribution in [2.24, 2.45) is 5.92 Å². The molecule has 3 rings (SSSR count). The third kappa shape index (κ3) is 2.28. The molecule has 2 heterocycles. The largest absolute Gasteiger partial charge is 0.394 e. The van der Waals surface area contributed by atoms with Crippen molar-refractivity contribution >= 4 is 5.91 Å². The first-order valence-corrected chi connectivity index (χ1v) is 6.67. The third-order valence-corrected chi connectivity index (χ3v) is 4.05. The topological polar surface area (TPSA) is 80.0 Å². The van der Waals surface area contributed by atoms with E-state index in [1.165, 1.54) is 6.33 Å². The van der Waals surface area contributed by atoms with Crippen molar-refractivity contribution < 1.29 is 9.90 Å². The fourth-order valence-electron chi connectivity index (χ4n) is 2.79. The molecular formula is C13H18N4O2. The minimum absolute atomic E-state index is 0.0129. The fourth-order valence-corrected chi connectivity index (χ4v) is 2.79. The molecule has 0 saturated heterocycles. The average Bonchev–Trinajstić information content (AvgIpc) is 3.06. The van der Waals surface area contributed by atoms with Gasteiger partial charge in [-0.3, -0.25) is 4.79 Å². The number of aliphatic hydroxyl groups is 1. The van der Waals surface area contributed by atoms with Gasteiger partial charge in [0.1, 0.15) is 12.2 Å². The van der Waals surface area contributed by atoms with Crippen LogP contribution in [0.15, 0.2) is 18.5 Å². The Kier molecular flexibility index (Phi) is 3.10. The van der Waals surface area contributed by atoms with Crippen LogP contribution in [0.3, 0.4) is 0 Å². The van der Waals surface area contributed by atoms with Crippen LogP contribution in [0.25, 0.3) is 0 Å². The van der Waals surface area contributed by atoms with Gasteiger partial charge in [-0.05, 0) is 19.3 Å². The number of nitrogens with one attached hydrogen (secondary N) is 1. The lowest BCUT2D eigenvalue weighted by Crippen LogP contribution is -2.52. The predicted octanol–water partition coefficient (Wildman–Crippen LogP) is 0.0378. The summed E-state index contributed by atoms with van der Waals surface area (Å²) in [7, 11) is 0. The third-order valence-electron chi connectivity index (χ3n) is 4.05. The summed E-state index contributed by atoms with van der Waals surface area (Å²) >= 11 is 0. The van der Waals surface area contributed by atoms with Crippen molar-refractivity contribution in [1.29, 1.82) is 0 Å². The Hall–Kier alpha value is -1.69. The van der Waals surface area contributed by atoms with Gasteiger partial charge in [-0.2, -0.15) is 5.10 Å². The minimum Gasteiger partial charge on any atom is -0.394 e. The van der Waals surface area contributed by atoms with Crippen LogP contribution in [0, 0.1) is 5.92 Å². The van der Waals surface area contributed by atoms with Gasteiger partial charge in [-0.15, -0.1) is 0 Å². The number of rotatable bonds is 3. The molecular weight excluding hydrogens is 244 g/mol. The molecule has 1 aromatic heterocycles. The summed E-state index contributed by atoms with van der Waals surface area (Å²) in [5.74, 6) is 0.876. The summed E-state index contributed by atoms with van der Waals surface area (Å²) in [5.41, 5.74) is -0.486. The maximum absolute atomic E-state index is 12.3. The SMILES string of the molecule is O=C(NC1(CO)CC=CC1)C1CCc2ncnn2C1. The van der Waals surface area contributed by atoms with Crippen LogP contribution >= 0.6 is 0 Å². The van der Waals surface area contributed by atoms with E-state index in [1.807, 2.05) is 12.2 Å². The molecule has 6 nitrogen and oxygen atoms in total. The lowest BCUT2D eigenvalue weighted by molar-refractivity contribution is -0.128. The van der Waals surface area contributed by atoms with E-state index >= 15 is 0 Å². The molecule has 1 aliphatic carbocycles. The van der Waals surface area contributed by atoms with E-state index in [9.17, 15) is 9.90 Å². The molecule has 1 aliphatic heterocycles. The van der Waals surface area contributed by atoms with E-state index in [2.05, 4.69) is 15.4 Å². The molecule has 6 heteroatoms. The minimum atomic E-state index is -0.486. The van der Waals surface area contributed by atoms with Gasteiger partial charge in [-0.1, -0.05) is 12.2 Å². The maximum atomic E-state index is 12.3. The number of carbonyl (C=O) groups is 1. The van der Waals surface area contributed by atoms with E-state index in [-0.39, 0.29) is 18.4 Å². The summed E-state index contributed by atoms with van der Waals surface area (Å²) < 4.78 is 1.80. The second-order valence-corrected chi connectivity index (χ2v) is 5.40. The Balaban J connectivity index is 1.65. The Bertz CT molecular complexity index is 500. The Labute approximate surface area is 111 Å². The van der Waals surface area contributed by atoms with Crippen LogP contribution in [-0.4, -0.2) is 37.9 Å². The zero-order valence-corrected chi connectivity index (χ0v) is 10.7. The normalized spacial score (nSPS) is 24.2. The molecule has 1 unspecified atom stereocenters. The Morgan fingerprint density at radius 1 is 1.53 bits per heavy atom. The van der Waals surface area contributed by atoms with Crippen LogP contribution in [0.1, 0.15) is 25.1 Å². The second-order valence-electron chi connectivity index (χ2n) is 5.40. The van der Waals surface area contributed by atoms with Crippen molar-refractivity contribution in [3.63, 3.8) is 0 Å². The number of aryl methyl sites for hydroxylation is 1. The monoisotopic (exact) mass is 262 g/mol. The molecule has 1 aromatic rings. The number of hydrogen-bond donors (Lipinski definition) is 2. The molecule has 0 radical (unpaired) electrons. The zero-order valence-electron chi connectivity index (χ0n) is 10.7. The summed E-state index contributed by atoms with van der Waals surface area (Å²) in [6.07, 6.45) is 8.53. The molecule has 0 spiro atoms. The van der Waals surface area contributed by atoms with Gasteiger partial charge in [0.2, 0.25) is 5.91 Å². The highest BCUT2D eigenvalue weighted by Crippen LogP contribution is 2.25. The van der Waals surface area contributed by atoms with E-state index in [1.54, 1.807) is 4.68 Å². The van der Waals surface area contributed by atoms with E-state index in [4.69, 9.17) is 0 Å². The van der Waals surface area contributed by atoms with Crippen LogP contribution in [0.4, 0.5) is 0 Å². The van der Waals surface area contributed by atoms with Crippen LogP contribution in [0.5, 0.6) is 0 Å². The summed E-state index contributed by atoms with van der Waals surface area (Å²) in [5, 5.41) is 16.7. The zero-order chi connectivity index (χ0) is 13.3. The summed E-state index contributed by atoms with van der Waals surface area (Å²) in [6, 6.07) is 0. The van der Waals surface area contributed by atoms with Gasteiger partial charge in [0, 0.05) is 6.42 Å². The van der Waals surface area contributed by atoms with E-state index in [0.717, 1.165) is 18.7 Å². The maximum Gasteiger partial charge on any atom is 0.225 e. The molecule has 2 N–H and O–H groups in total. The number of aliphatic hydroxyl groups excluding tert-OH is 1. The molecule has 0 fully saturated rings. The fraction of sp³-hybridized carbons (Fsp3) is 0.615. The summed E-state index contributed by atoms with van der Waals surface area (Å²) in [4.78, 5) is 16.5. The molecule has 102 valence electrons. The molecule has 19 heavy (non-hydrogen) atoms. The molecule has 1 amide bonds. The van der Waals surface area contributed by atoms with Gasteiger partial charge < -0.3 is 10.4 Å². The van der Waals surface area contributed by atoms with Gasteiger partial charge >= 0.3 is 0 Å². The number of aromatic nitrogens is 3.